The van der Waals surface area contributed by atoms with Crippen LogP contribution in [0.15, 0.2) is 54.9 Å². The molecule has 0 atom stereocenters. The molecule has 2 aromatic heterocycles. The number of ketones is 1. The molecule has 0 aliphatic rings. The molecule has 1 aromatic carbocycles. The summed E-state index contributed by atoms with van der Waals surface area (Å²) >= 11 is 0. The van der Waals surface area contributed by atoms with Crippen molar-refractivity contribution in [1.82, 2.24) is 14.9 Å². The van der Waals surface area contributed by atoms with Gasteiger partial charge in [0.15, 0.2) is 5.78 Å². The number of pyridine rings is 2. The van der Waals surface area contributed by atoms with E-state index in [4.69, 9.17) is 5.73 Å². The topological polar surface area (TPSA) is 89.2 Å². The molecule has 3 rings (SSSR count). The van der Waals surface area contributed by atoms with Crippen molar-refractivity contribution in [2.75, 3.05) is 12.8 Å². The summed E-state index contributed by atoms with van der Waals surface area (Å²) < 4.78 is 14.6. The van der Waals surface area contributed by atoms with E-state index in [9.17, 15) is 14.0 Å². The predicted octanol–water partition coefficient (Wildman–Crippen LogP) is 4.05. The van der Waals surface area contributed by atoms with E-state index in [2.05, 4.69) is 9.97 Å². The Labute approximate surface area is 180 Å². The number of aryl methyl sites for hydroxylation is 1. The lowest BCUT2D eigenvalue weighted by molar-refractivity contribution is -0.130. The van der Waals surface area contributed by atoms with Crippen LogP contribution in [-0.2, 0) is 17.8 Å². The Kier molecular flexibility index (Phi) is 7.07. The van der Waals surface area contributed by atoms with Gasteiger partial charge in [-0.3, -0.25) is 14.6 Å². The average molecular weight is 420 g/mol. The second kappa shape index (κ2) is 9.93. The summed E-state index contributed by atoms with van der Waals surface area (Å²) in [5.41, 5.74) is 8.59. The number of nitrogen functional groups attached to an aromatic ring is 1. The van der Waals surface area contributed by atoms with Gasteiger partial charge in [-0.1, -0.05) is 19.1 Å². The third kappa shape index (κ3) is 5.51. The van der Waals surface area contributed by atoms with Gasteiger partial charge in [0.2, 0.25) is 5.91 Å². The highest BCUT2D eigenvalue weighted by molar-refractivity contribution is 5.96. The van der Waals surface area contributed by atoms with E-state index >= 15 is 0 Å². The third-order valence-corrected chi connectivity index (χ3v) is 5.09. The largest absolute Gasteiger partial charge is 0.383 e. The number of nitrogens with two attached hydrogens (primary N) is 1. The zero-order valence-corrected chi connectivity index (χ0v) is 17.6. The minimum atomic E-state index is -0.423. The SMILES string of the molecule is CCC(=O)N(C)Cc1ccc(-c2ccc(C(=O)CCc3cccnc3N)cn2)c(F)c1. The van der Waals surface area contributed by atoms with Crippen LogP contribution in [0, 0.1) is 5.82 Å². The first kappa shape index (κ1) is 22.1. The Morgan fingerprint density at radius 2 is 1.94 bits per heavy atom. The van der Waals surface area contributed by atoms with Gasteiger partial charge in [0, 0.05) is 50.0 Å². The van der Waals surface area contributed by atoms with E-state index in [-0.39, 0.29) is 18.1 Å². The van der Waals surface area contributed by atoms with Crippen LogP contribution in [0.1, 0.15) is 41.3 Å². The average Bonchev–Trinajstić information content (AvgIpc) is 2.78. The number of hydrogen-bond acceptors (Lipinski definition) is 5. The molecule has 2 N–H and O–H groups in total. The molecule has 3 aromatic rings. The zero-order chi connectivity index (χ0) is 22.4. The summed E-state index contributed by atoms with van der Waals surface area (Å²) in [4.78, 5) is 34.0. The Morgan fingerprint density at radius 3 is 2.58 bits per heavy atom. The van der Waals surface area contributed by atoms with Gasteiger partial charge in [0.25, 0.3) is 0 Å². The number of nitrogens with zero attached hydrogens (tertiary/aromatic N) is 3. The Morgan fingerprint density at radius 1 is 1.13 bits per heavy atom. The highest BCUT2D eigenvalue weighted by atomic mass is 19.1. The van der Waals surface area contributed by atoms with Gasteiger partial charge < -0.3 is 10.6 Å². The maximum atomic E-state index is 14.6. The monoisotopic (exact) mass is 420 g/mol. The molecule has 31 heavy (non-hydrogen) atoms. The normalized spacial score (nSPS) is 10.7. The molecule has 0 fully saturated rings. The van der Waals surface area contributed by atoms with Crippen molar-refractivity contribution in [2.24, 2.45) is 0 Å². The molecule has 2 heterocycles. The third-order valence-electron chi connectivity index (χ3n) is 5.09. The van der Waals surface area contributed by atoms with Gasteiger partial charge in [0.1, 0.15) is 11.6 Å². The van der Waals surface area contributed by atoms with Crippen molar-refractivity contribution >= 4 is 17.5 Å². The number of carbonyl (C=O) groups excluding carboxylic acids is 2. The lowest BCUT2D eigenvalue weighted by atomic mass is 10.0. The van der Waals surface area contributed by atoms with Crippen molar-refractivity contribution in [1.29, 1.82) is 0 Å². The summed E-state index contributed by atoms with van der Waals surface area (Å²) in [6.07, 6.45) is 4.25. The lowest BCUT2D eigenvalue weighted by Crippen LogP contribution is -2.25. The van der Waals surface area contributed by atoms with Crippen molar-refractivity contribution in [3.8, 4) is 11.3 Å². The molecule has 0 spiro atoms. The molecule has 0 aliphatic heterocycles. The van der Waals surface area contributed by atoms with Crippen LogP contribution in [0.25, 0.3) is 11.3 Å². The maximum Gasteiger partial charge on any atom is 0.222 e. The molecule has 0 aliphatic carbocycles. The number of carbonyl (C=O) groups is 2. The second-order valence-corrected chi connectivity index (χ2v) is 7.32. The standard InChI is InChI=1S/C24H25FN4O2/c1-3-23(31)29(2)15-16-6-9-19(20(25)13-16)21-10-7-18(14-28-21)22(30)11-8-17-5-4-12-27-24(17)26/h4-7,9-10,12-14H,3,8,11,15H2,1-2H3,(H2,26,27). The number of amides is 1. The minimum absolute atomic E-state index is 0.00220. The first-order valence-electron chi connectivity index (χ1n) is 10.1. The van der Waals surface area contributed by atoms with Crippen LogP contribution in [-0.4, -0.2) is 33.6 Å². The predicted molar refractivity (Wildman–Crippen MR) is 118 cm³/mol. The highest BCUT2D eigenvalue weighted by Crippen LogP contribution is 2.23. The van der Waals surface area contributed by atoms with Crippen LogP contribution in [0.4, 0.5) is 10.2 Å². The highest BCUT2D eigenvalue weighted by Gasteiger charge is 2.13. The summed E-state index contributed by atoms with van der Waals surface area (Å²) in [5.74, 6) is -0.0687. The number of benzene rings is 1. The van der Waals surface area contributed by atoms with E-state index in [0.29, 0.717) is 47.6 Å². The van der Waals surface area contributed by atoms with Gasteiger partial charge in [-0.05, 0) is 47.9 Å². The van der Waals surface area contributed by atoms with E-state index in [1.165, 1.54) is 12.3 Å². The first-order valence-corrected chi connectivity index (χ1v) is 10.1. The van der Waals surface area contributed by atoms with E-state index in [1.807, 2.05) is 6.07 Å². The summed E-state index contributed by atoms with van der Waals surface area (Å²) in [5, 5.41) is 0. The number of hydrogen-bond donors (Lipinski definition) is 1. The number of rotatable bonds is 8. The Bertz CT molecular complexity index is 1080. The number of halogens is 1. The Balaban J connectivity index is 1.67. The number of anilines is 1. The van der Waals surface area contributed by atoms with Crippen molar-refractivity contribution in [3.05, 3.63) is 77.4 Å². The molecule has 0 bridgehead atoms. The van der Waals surface area contributed by atoms with Crippen molar-refractivity contribution in [2.45, 2.75) is 32.7 Å². The molecule has 0 unspecified atom stereocenters. The molecule has 7 heteroatoms. The van der Waals surface area contributed by atoms with Crippen LogP contribution in [0.3, 0.4) is 0 Å². The summed E-state index contributed by atoms with van der Waals surface area (Å²) in [6, 6.07) is 11.7. The first-order chi connectivity index (χ1) is 14.9. The zero-order valence-electron chi connectivity index (χ0n) is 17.6. The molecular formula is C24H25FN4O2. The van der Waals surface area contributed by atoms with Gasteiger partial charge in [-0.2, -0.15) is 0 Å². The fraction of sp³-hybridized carbons (Fsp3) is 0.250. The van der Waals surface area contributed by atoms with Crippen LogP contribution < -0.4 is 5.73 Å². The van der Waals surface area contributed by atoms with Gasteiger partial charge in [-0.15, -0.1) is 0 Å². The second-order valence-electron chi connectivity index (χ2n) is 7.32. The van der Waals surface area contributed by atoms with Crippen molar-refractivity contribution in [3.63, 3.8) is 0 Å². The molecule has 1 amide bonds. The van der Waals surface area contributed by atoms with E-state index in [1.54, 1.807) is 55.4 Å². The van der Waals surface area contributed by atoms with Gasteiger partial charge >= 0.3 is 0 Å². The molecule has 0 radical (unpaired) electrons. The quantitative estimate of drug-likeness (QED) is 0.556. The smallest absolute Gasteiger partial charge is 0.222 e. The van der Waals surface area contributed by atoms with E-state index in [0.717, 1.165) is 5.56 Å². The molecular weight excluding hydrogens is 395 g/mol. The molecule has 0 saturated heterocycles. The van der Waals surface area contributed by atoms with Crippen LogP contribution >= 0.6 is 0 Å². The van der Waals surface area contributed by atoms with Crippen LogP contribution in [0.2, 0.25) is 0 Å². The molecule has 160 valence electrons. The van der Waals surface area contributed by atoms with Gasteiger partial charge in [-0.25, -0.2) is 9.37 Å². The summed E-state index contributed by atoms with van der Waals surface area (Å²) in [7, 11) is 1.69. The molecule has 6 nitrogen and oxygen atoms in total. The van der Waals surface area contributed by atoms with E-state index < -0.39 is 5.82 Å². The Hall–Kier alpha value is -3.61. The summed E-state index contributed by atoms with van der Waals surface area (Å²) in [6.45, 7) is 2.13. The maximum absolute atomic E-state index is 14.6. The minimum Gasteiger partial charge on any atom is -0.383 e. The fourth-order valence-electron chi connectivity index (χ4n) is 3.27. The van der Waals surface area contributed by atoms with Gasteiger partial charge in [0.05, 0.1) is 5.69 Å². The number of aromatic nitrogens is 2. The number of Topliss-reactive ketones (excluding diaryl/α,β-unsaturated/α-hetero) is 1. The lowest BCUT2D eigenvalue weighted by Gasteiger charge is -2.16. The van der Waals surface area contributed by atoms with Crippen LogP contribution in [0.5, 0.6) is 0 Å². The van der Waals surface area contributed by atoms with Crippen molar-refractivity contribution < 1.29 is 14.0 Å². The fourth-order valence-corrected chi connectivity index (χ4v) is 3.27. The molecule has 0 saturated carbocycles.